The number of nitrogens with one attached hydrogen (secondary N) is 1. The minimum atomic E-state index is 1.17. The fraction of sp³-hybridized carbons (Fsp3) is 0.400. The predicted molar refractivity (Wildman–Crippen MR) is 52.1 cm³/mol. The van der Waals surface area contributed by atoms with Gasteiger partial charge in [-0.3, -0.25) is 0 Å². The zero-order valence-corrected chi connectivity index (χ0v) is 7.81. The molecule has 0 fully saturated rings. The van der Waals surface area contributed by atoms with Gasteiger partial charge in [-0.25, -0.2) is 0 Å². The molecule has 0 atom stereocenters. The Hall–Kier alpha value is -0.980. The molecular weight excluding hydrogens is 134 g/mol. The van der Waals surface area contributed by atoms with Gasteiger partial charge in [0.05, 0.1) is 0 Å². The first kappa shape index (κ1) is 10.0. The number of aryl methyl sites for hydroxylation is 1. The summed E-state index contributed by atoms with van der Waals surface area (Å²) in [6.07, 6.45) is 0. The fourth-order valence-electron chi connectivity index (χ4n) is 0.720. The van der Waals surface area contributed by atoms with E-state index in [-0.39, 0.29) is 0 Å². The highest BCUT2D eigenvalue weighted by molar-refractivity contribution is 5.43. The lowest BCUT2D eigenvalue weighted by Crippen LogP contribution is -1.85. The second-order valence-electron chi connectivity index (χ2n) is 2.12. The van der Waals surface area contributed by atoms with Crippen molar-refractivity contribution < 1.29 is 0 Å². The van der Waals surface area contributed by atoms with E-state index in [0.29, 0.717) is 0 Å². The average Bonchev–Trinajstić information content (AvgIpc) is 2.10. The Morgan fingerprint density at radius 3 is 1.82 bits per heavy atom. The standard InChI is InChI=1S/C8H11N.C2H6/c1-7-3-5-8(9-2)6-4-7;1-2/h3-6,9H,1-2H3;1-2H3. The minimum absolute atomic E-state index is 1.17. The predicted octanol–water partition coefficient (Wildman–Crippen LogP) is 3.06. The number of anilines is 1. The maximum Gasteiger partial charge on any atom is 0.0337 e. The first-order chi connectivity index (χ1) is 5.33. The Balaban J connectivity index is 0.000000461. The summed E-state index contributed by atoms with van der Waals surface area (Å²) in [5.74, 6) is 0. The van der Waals surface area contributed by atoms with E-state index in [9.17, 15) is 0 Å². The molecule has 1 nitrogen and oxygen atoms in total. The van der Waals surface area contributed by atoms with Gasteiger partial charge in [0.15, 0.2) is 0 Å². The van der Waals surface area contributed by atoms with Crippen LogP contribution in [0.4, 0.5) is 5.69 Å². The summed E-state index contributed by atoms with van der Waals surface area (Å²) in [6, 6.07) is 8.31. The molecule has 62 valence electrons. The third-order valence-electron chi connectivity index (χ3n) is 1.34. The zero-order chi connectivity index (χ0) is 8.69. The molecule has 0 saturated carbocycles. The Labute approximate surface area is 69.4 Å². The van der Waals surface area contributed by atoms with Crippen molar-refractivity contribution in [3.05, 3.63) is 29.8 Å². The SMILES string of the molecule is CC.CNc1ccc(C)cc1. The van der Waals surface area contributed by atoms with Crippen LogP contribution in [0.5, 0.6) is 0 Å². The van der Waals surface area contributed by atoms with Crippen LogP contribution in [-0.4, -0.2) is 7.05 Å². The third kappa shape index (κ3) is 3.66. The van der Waals surface area contributed by atoms with E-state index in [0.717, 1.165) is 0 Å². The van der Waals surface area contributed by atoms with Gasteiger partial charge in [-0.1, -0.05) is 31.5 Å². The van der Waals surface area contributed by atoms with Crippen LogP contribution in [0.1, 0.15) is 19.4 Å². The summed E-state index contributed by atoms with van der Waals surface area (Å²) in [4.78, 5) is 0. The van der Waals surface area contributed by atoms with Gasteiger partial charge < -0.3 is 5.32 Å². The van der Waals surface area contributed by atoms with Gasteiger partial charge in [0.1, 0.15) is 0 Å². The zero-order valence-electron chi connectivity index (χ0n) is 7.81. The van der Waals surface area contributed by atoms with Crippen LogP contribution in [0.3, 0.4) is 0 Å². The summed E-state index contributed by atoms with van der Waals surface area (Å²) in [7, 11) is 1.92. The first-order valence-electron chi connectivity index (χ1n) is 4.07. The Morgan fingerprint density at radius 2 is 1.45 bits per heavy atom. The van der Waals surface area contributed by atoms with Crippen molar-refractivity contribution in [3.8, 4) is 0 Å². The highest BCUT2D eigenvalue weighted by Crippen LogP contribution is 2.06. The molecule has 0 aliphatic heterocycles. The molecule has 0 unspecified atom stereocenters. The number of benzene rings is 1. The molecule has 1 N–H and O–H groups in total. The van der Waals surface area contributed by atoms with Crippen molar-refractivity contribution in [1.82, 2.24) is 0 Å². The summed E-state index contributed by atoms with van der Waals surface area (Å²) in [6.45, 7) is 6.08. The molecule has 1 aromatic rings. The van der Waals surface area contributed by atoms with Crippen molar-refractivity contribution in [2.24, 2.45) is 0 Å². The molecule has 0 aliphatic rings. The number of rotatable bonds is 1. The largest absolute Gasteiger partial charge is 0.388 e. The molecule has 0 aliphatic carbocycles. The lowest BCUT2D eigenvalue weighted by atomic mass is 10.2. The average molecular weight is 151 g/mol. The van der Waals surface area contributed by atoms with E-state index in [4.69, 9.17) is 0 Å². The van der Waals surface area contributed by atoms with Crippen LogP contribution in [-0.2, 0) is 0 Å². The molecule has 0 amide bonds. The maximum absolute atomic E-state index is 3.05. The molecule has 1 rings (SSSR count). The van der Waals surface area contributed by atoms with E-state index < -0.39 is 0 Å². The van der Waals surface area contributed by atoms with Gasteiger partial charge in [0.2, 0.25) is 0 Å². The third-order valence-corrected chi connectivity index (χ3v) is 1.34. The molecule has 1 aromatic carbocycles. The van der Waals surface area contributed by atoms with Gasteiger partial charge in [0.25, 0.3) is 0 Å². The molecule has 0 aromatic heterocycles. The molecule has 11 heavy (non-hydrogen) atoms. The van der Waals surface area contributed by atoms with Gasteiger partial charge >= 0.3 is 0 Å². The van der Waals surface area contributed by atoms with Crippen LogP contribution in [0.15, 0.2) is 24.3 Å². The molecule has 0 radical (unpaired) electrons. The summed E-state index contributed by atoms with van der Waals surface area (Å²) in [5, 5.41) is 3.05. The topological polar surface area (TPSA) is 12.0 Å². The molecular formula is C10H17N. The lowest BCUT2D eigenvalue weighted by molar-refractivity contribution is 1.44. The Kier molecular flexibility index (Phi) is 5.26. The van der Waals surface area contributed by atoms with Crippen molar-refractivity contribution >= 4 is 5.69 Å². The van der Waals surface area contributed by atoms with Crippen LogP contribution in [0, 0.1) is 6.92 Å². The van der Waals surface area contributed by atoms with Gasteiger partial charge in [-0.05, 0) is 19.1 Å². The second-order valence-corrected chi connectivity index (χ2v) is 2.12. The second kappa shape index (κ2) is 5.78. The van der Waals surface area contributed by atoms with Crippen molar-refractivity contribution in [2.75, 3.05) is 12.4 Å². The van der Waals surface area contributed by atoms with E-state index in [1.165, 1.54) is 11.3 Å². The Morgan fingerprint density at radius 1 is 1.00 bits per heavy atom. The lowest BCUT2D eigenvalue weighted by Gasteiger charge is -1.97. The van der Waals surface area contributed by atoms with Gasteiger partial charge in [-0.15, -0.1) is 0 Å². The highest BCUT2D eigenvalue weighted by Gasteiger charge is 1.83. The molecule has 0 heterocycles. The quantitative estimate of drug-likeness (QED) is 0.650. The monoisotopic (exact) mass is 151 g/mol. The summed E-state index contributed by atoms with van der Waals surface area (Å²) in [5.41, 5.74) is 2.47. The fourth-order valence-corrected chi connectivity index (χ4v) is 0.720. The highest BCUT2D eigenvalue weighted by atomic mass is 14.8. The van der Waals surface area contributed by atoms with Crippen LogP contribution >= 0.6 is 0 Å². The van der Waals surface area contributed by atoms with Crippen LogP contribution in [0.2, 0.25) is 0 Å². The summed E-state index contributed by atoms with van der Waals surface area (Å²) < 4.78 is 0. The van der Waals surface area contributed by atoms with E-state index in [1.54, 1.807) is 0 Å². The van der Waals surface area contributed by atoms with Crippen molar-refractivity contribution in [3.63, 3.8) is 0 Å². The van der Waals surface area contributed by atoms with Crippen molar-refractivity contribution in [1.29, 1.82) is 0 Å². The van der Waals surface area contributed by atoms with Gasteiger partial charge in [-0.2, -0.15) is 0 Å². The van der Waals surface area contributed by atoms with E-state index in [2.05, 4.69) is 36.5 Å². The first-order valence-corrected chi connectivity index (χ1v) is 4.07. The smallest absolute Gasteiger partial charge is 0.0337 e. The summed E-state index contributed by atoms with van der Waals surface area (Å²) >= 11 is 0. The van der Waals surface area contributed by atoms with Crippen LogP contribution < -0.4 is 5.32 Å². The van der Waals surface area contributed by atoms with Gasteiger partial charge in [0, 0.05) is 12.7 Å². The number of hydrogen-bond acceptors (Lipinski definition) is 1. The molecule has 0 spiro atoms. The normalized spacial score (nSPS) is 8.00. The Bertz CT molecular complexity index is 177. The van der Waals surface area contributed by atoms with E-state index in [1.807, 2.05) is 20.9 Å². The molecule has 0 saturated heterocycles. The van der Waals surface area contributed by atoms with E-state index >= 15 is 0 Å². The van der Waals surface area contributed by atoms with Crippen LogP contribution in [0.25, 0.3) is 0 Å². The molecule has 0 bridgehead atoms. The minimum Gasteiger partial charge on any atom is -0.388 e. The maximum atomic E-state index is 3.05. The molecule has 1 heteroatoms. The number of hydrogen-bond donors (Lipinski definition) is 1. The van der Waals surface area contributed by atoms with Crippen molar-refractivity contribution in [2.45, 2.75) is 20.8 Å².